The Labute approximate surface area is 116 Å². The van der Waals surface area contributed by atoms with Crippen LogP contribution in [0.1, 0.15) is 0 Å². The third-order valence-corrected chi connectivity index (χ3v) is 2.68. The zero-order valence-corrected chi connectivity index (χ0v) is 11.1. The number of hydrazine groups is 1. The fraction of sp³-hybridized carbons (Fsp3) is 0.154. The maximum atomic E-state index is 11.0. The maximum Gasteiger partial charge on any atom is 0.236 e. The van der Waals surface area contributed by atoms with E-state index in [9.17, 15) is 4.79 Å². The van der Waals surface area contributed by atoms with Crippen LogP contribution in [0, 0.1) is 0 Å². The Hall–Kier alpha value is -2.67. The van der Waals surface area contributed by atoms with Gasteiger partial charge in [-0.25, -0.2) is 15.8 Å². The second-order valence-electron chi connectivity index (χ2n) is 4.27. The number of amides is 1. The van der Waals surface area contributed by atoms with Crippen molar-refractivity contribution in [2.75, 3.05) is 23.9 Å². The molecule has 0 unspecified atom stereocenters. The van der Waals surface area contributed by atoms with E-state index in [1.165, 1.54) is 0 Å². The quantitative estimate of drug-likeness (QED) is 0.535. The normalized spacial score (nSPS) is 10.1. The standard InChI is InChI=1S/C13H16N6O/c1-19(8-10(14)20)12-7-11(18-15)16-13(17-12)9-5-3-2-4-6-9/h2-7H,8,15H2,1H3,(H2,14,20)(H,16,17,18). The fourth-order valence-electron chi connectivity index (χ4n) is 1.73. The molecule has 104 valence electrons. The summed E-state index contributed by atoms with van der Waals surface area (Å²) < 4.78 is 0. The molecule has 20 heavy (non-hydrogen) atoms. The number of hydrogen-bond donors (Lipinski definition) is 3. The number of carbonyl (C=O) groups is 1. The SMILES string of the molecule is CN(CC(N)=O)c1cc(NN)nc(-c2ccccc2)n1. The first-order chi connectivity index (χ1) is 9.60. The molecule has 1 heterocycles. The third kappa shape index (κ3) is 3.21. The molecule has 1 aromatic carbocycles. The molecule has 0 bridgehead atoms. The van der Waals surface area contributed by atoms with E-state index in [1.54, 1.807) is 18.0 Å². The van der Waals surface area contributed by atoms with Crippen LogP contribution < -0.4 is 21.9 Å². The first kappa shape index (κ1) is 13.8. The lowest BCUT2D eigenvalue weighted by Crippen LogP contribution is -2.31. The van der Waals surface area contributed by atoms with Gasteiger partial charge in [0, 0.05) is 18.7 Å². The van der Waals surface area contributed by atoms with Crippen molar-refractivity contribution in [1.82, 2.24) is 9.97 Å². The van der Waals surface area contributed by atoms with Crippen LogP contribution in [0.15, 0.2) is 36.4 Å². The van der Waals surface area contributed by atoms with Crippen LogP contribution in [0.5, 0.6) is 0 Å². The van der Waals surface area contributed by atoms with E-state index in [2.05, 4.69) is 15.4 Å². The summed E-state index contributed by atoms with van der Waals surface area (Å²) in [6, 6.07) is 11.1. The number of anilines is 2. The number of carbonyl (C=O) groups excluding carboxylic acids is 1. The Morgan fingerprint density at radius 2 is 2.00 bits per heavy atom. The van der Waals surface area contributed by atoms with Crippen molar-refractivity contribution < 1.29 is 4.79 Å². The van der Waals surface area contributed by atoms with Crippen LogP contribution in [0.2, 0.25) is 0 Å². The topological polar surface area (TPSA) is 110 Å². The molecular formula is C13H16N6O. The summed E-state index contributed by atoms with van der Waals surface area (Å²) >= 11 is 0. The van der Waals surface area contributed by atoms with Gasteiger partial charge in [0.2, 0.25) is 5.91 Å². The molecule has 0 saturated heterocycles. The van der Waals surface area contributed by atoms with Crippen LogP contribution in [0.3, 0.4) is 0 Å². The number of hydrogen-bond acceptors (Lipinski definition) is 6. The molecule has 0 aliphatic rings. The summed E-state index contributed by atoms with van der Waals surface area (Å²) in [6.07, 6.45) is 0. The summed E-state index contributed by atoms with van der Waals surface area (Å²) in [4.78, 5) is 21.3. The van der Waals surface area contributed by atoms with E-state index in [1.807, 2.05) is 30.3 Å². The fourth-order valence-corrected chi connectivity index (χ4v) is 1.73. The van der Waals surface area contributed by atoms with Gasteiger partial charge < -0.3 is 16.1 Å². The lowest BCUT2D eigenvalue weighted by Gasteiger charge is -2.17. The van der Waals surface area contributed by atoms with Gasteiger partial charge in [0.15, 0.2) is 5.82 Å². The number of likely N-dealkylation sites (N-methyl/N-ethyl adjacent to an activating group) is 1. The van der Waals surface area contributed by atoms with Crippen LogP contribution >= 0.6 is 0 Å². The molecule has 7 heteroatoms. The number of benzene rings is 1. The van der Waals surface area contributed by atoms with E-state index >= 15 is 0 Å². The van der Waals surface area contributed by atoms with Crippen LogP contribution in [0.25, 0.3) is 11.4 Å². The number of primary amides is 1. The van der Waals surface area contributed by atoms with Crippen molar-refractivity contribution >= 4 is 17.5 Å². The van der Waals surface area contributed by atoms with Crippen LogP contribution in [-0.2, 0) is 4.79 Å². The van der Waals surface area contributed by atoms with Gasteiger partial charge in [-0.15, -0.1) is 0 Å². The van der Waals surface area contributed by atoms with Crippen molar-refractivity contribution in [2.45, 2.75) is 0 Å². The lowest BCUT2D eigenvalue weighted by atomic mass is 10.2. The zero-order valence-electron chi connectivity index (χ0n) is 11.1. The molecular weight excluding hydrogens is 256 g/mol. The highest BCUT2D eigenvalue weighted by Crippen LogP contribution is 2.21. The second-order valence-corrected chi connectivity index (χ2v) is 4.27. The molecule has 5 N–H and O–H groups in total. The number of rotatable bonds is 5. The minimum Gasteiger partial charge on any atom is -0.368 e. The van der Waals surface area contributed by atoms with Gasteiger partial charge in [-0.1, -0.05) is 30.3 Å². The second kappa shape index (κ2) is 5.98. The minimum absolute atomic E-state index is 0.0647. The molecule has 0 spiro atoms. The Morgan fingerprint density at radius 3 is 2.60 bits per heavy atom. The molecule has 0 atom stereocenters. The van der Waals surface area contributed by atoms with Gasteiger partial charge >= 0.3 is 0 Å². The molecule has 0 aliphatic heterocycles. The zero-order chi connectivity index (χ0) is 14.5. The largest absolute Gasteiger partial charge is 0.368 e. The number of nitrogen functional groups attached to an aromatic ring is 1. The molecule has 1 aromatic heterocycles. The summed E-state index contributed by atoms with van der Waals surface area (Å²) in [6.45, 7) is 0.0647. The molecule has 7 nitrogen and oxygen atoms in total. The molecule has 0 fully saturated rings. The lowest BCUT2D eigenvalue weighted by molar-refractivity contribution is -0.116. The predicted molar refractivity (Wildman–Crippen MR) is 77.7 cm³/mol. The smallest absolute Gasteiger partial charge is 0.236 e. The van der Waals surface area contributed by atoms with E-state index in [0.717, 1.165) is 5.56 Å². The monoisotopic (exact) mass is 272 g/mol. The van der Waals surface area contributed by atoms with Gasteiger partial charge in [0.1, 0.15) is 11.6 Å². The van der Waals surface area contributed by atoms with Gasteiger partial charge in [-0.2, -0.15) is 0 Å². The minimum atomic E-state index is -0.436. The molecule has 2 aromatic rings. The molecule has 0 aliphatic carbocycles. The van der Waals surface area contributed by atoms with Crippen LogP contribution in [0.4, 0.5) is 11.6 Å². The Bertz CT molecular complexity index is 601. The Balaban J connectivity index is 2.41. The number of nitrogens with one attached hydrogen (secondary N) is 1. The van der Waals surface area contributed by atoms with Crippen molar-refractivity contribution in [2.24, 2.45) is 11.6 Å². The number of nitrogens with zero attached hydrogens (tertiary/aromatic N) is 3. The van der Waals surface area contributed by atoms with Crippen molar-refractivity contribution in [3.8, 4) is 11.4 Å². The molecule has 1 amide bonds. The van der Waals surface area contributed by atoms with E-state index in [-0.39, 0.29) is 6.54 Å². The molecule has 0 radical (unpaired) electrons. The maximum absolute atomic E-state index is 11.0. The first-order valence-electron chi connectivity index (χ1n) is 6.00. The highest BCUT2D eigenvalue weighted by atomic mass is 16.1. The Kier molecular flexibility index (Phi) is 4.11. The number of aromatic nitrogens is 2. The highest BCUT2D eigenvalue weighted by Gasteiger charge is 2.11. The van der Waals surface area contributed by atoms with Crippen molar-refractivity contribution in [3.05, 3.63) is 36.4 Å². The third-order valence-electron chi connectivity index (χ3n) is 2.68. The summed E-state index contributed by atoms with van der Waals surface area (Å²) in [5, 5.41) is 0. The highest BCUT2D eigenvalue weighted by molar-refractivity contribution is 5.79. The summed E-state index contributed by atoms with van der Waals surface area (Å²) in [7, 11) is 1.72. The van der Waals surface area contributed by atoms with Crippen LogP contribution in [-0.4, -0.2) is 29.5 Å². The summed E-state index contributed by atoms with van der Waals surface area (Å²) in [5.41, 5.74) is 8.54. The first-order valence-corrected chi connectivity index (χ1v) is 6.00. The predicted octanol–water partition coefficient (Wildman–Crippen LogP) is 0.351. The van der Waals surface area contributed by atoms with Gasteiger partial charge in [-0.3, -0.25) is 4.79 Å². The molecule has 2 rings (SSSR count). The van der Waals surface area contributed by atoms with Gasteiger partial charge in [0.05, 0.1) is 6.54 Å². The summed E-state index contributed by atoms with van der Waals surface area (Å²) in [5.74, 6) is 6.53. The Morgan fingerprint density at radius 1 is 1.30 bits per heavy atom. The van der Waals surface area contributed by atoms with Gasteiger partial charge in [0.25, 0.3) is 0 Å². The van der Waals surface area contributed by atoms with Crippen molar-refractivity contribution in [3.63, 3.8) is 0 Å². The van der Waals surface area contributed by atoms with Gasteiger partial charge in [-0.05, 0) is 0 Å². The van der Waals surface area contributed by atoms with Crippen molar-refractivity contribution in [1.29, 1.82) is 0 Å². The van der Waals surface area contributed by atoms with E-state index in [0.29, 0.717) is 17.5 Å². The average molecular weight is 272 g/mol. The van der Waals surface area contributed by atoms with E-state index < -0.39 is 5.91 Å². The molecule has 0 saturated carbocycles. The average Bonchev–Trinajstić information content (AvgIpc) is 2.47. The van der Waals surface area contributed by atoms with E-state index in [4.69, 9.17) is 11.6 Å². The number of nitrogens with two attached hydrogens (primary N) is 2.